The fourth-order valence-corrected chi connectivity index (χ4v) is 4.40. The Morgan fingerprint density at radius 2 is 1.67 bits per heavy atom. The number of cyclic esters (lactones) is 1. The summed E-state index contributed by atoms with van der Waals surface area (Å²) in [5.41, 5.74) is 2.19. The van der Waals surface area contributed by atoms with Crippen LogP contribution in [0.3, 0.4) is 0 Å². The van der Waals surface area contributed by atoms with Crippen molar-refractivity contribution < 1.29 is 38.2 Å². The number of anilines is 2. The van der Waals surface area contributed by atoms with Crippen LogP contribution in [-0.2, 0) is 35.2 Å². The van der Waals surface area contributed by atoms with Crippen LogP contribution in [0.15, 0.2) is 54.6 Å². The molecule has 224 valence electrons. The molecule has 13 heteroatoms. The quantitative estimate of drug-likeness (QED) is 0.423. The lowest BCUT2D eigenvalue weighted by Gasteiger charge is -2.27. The summed E-state index contributed by atoms with van der Waals surface area (Å²) in [6, 6.07) is 16.3. The minimum atomic E-state index is -0.571. The molecular formula is C29H35N5O8. The van der Waals surface area contributed by atoms with Gasteiger partial charge in [0.2, 0.25) is 11.8 Å². The molecule has 4 rings (SSSR count). The SMILES string of the molecule is CN(CC(=O)NC[C@H]1CN(c2ccc(N3CCOCC3=O)cc2)C(=O)O1)C(=O)CCN(C)C(=O)OCc1ccccc1. The van der Waals surface area contributed by atoms with Crippen LogP contribution in [-0.4, -0.2) is 106 Å². The van der Waals surface area contributed by atoms with Crippen molar-refractivity contribution in [1.29, 1.82) is 0 Å². The second-order valence-electron chi connectivity index (χ2n) is 10.00. The number of carbonyl (C=O) groups is 5. The number of nitrogens with zero attached hydrogens (tertiary/aromatic N) is 4. The number of morpholine rings is 1. The molecule has 2 fully saturated rings. The lowest BCUT2D eigenvalue weighted by atomic mass is 10.2. The van der Waals surface area contributed by atoms with Gasteiger partial charge >= 0.3 is 12.2 Å². The van der Waals surface area contributed by atoms with E-state index in [1.165, 1.54) is 21.7 Å². The maximum atomic E-state index is 12.5. The van der Waals surface area contributed by atoms with Gasteiger partial charge in [0, 0.05) is 45.0 Å². The molecule has 1 atom stereocenters. The van der Waals surface area contributed by atoms with Gasteiger partial charge in [-0.1, -0.05) is 30.3 Å². The molecule has 2 aliphatic heterocycles. The zero-order valence-electron chi connectivity index (χ0n) is 23.7. The van der Waals surface area contributed by atoms with E-state index in [4.69, 9.17) is 14.2 Å². The number of ether oxygens (including phenoxy) is 3. The van der Waals surface area contributed by atoms with E-state index >= 15 is 0 Å². The van der Waals surface area contributed by atoms with Crippen molar-refractivity contribution in [3.63, 3.8) is 0 Å². The summed E-state index contributed by atoms with van der Waals surface area (Å²) in [6.45, 7) is 1.37. The van der Waals surface area contributed by atoms with E-state index in [1.54, 1.807) is 36.2 Å². The number of carbonyl (C=O) groups excluding carboxylic acids is 5. The predicted molar refractivity (Wildman–Crippen MR) is 152 cm³/mol. The molecule has 42 heavy (non-hydrogen) atoms. The Labute approximate surface area is 243 Å². The monoisotopic (exact) mass is 581 g/mol. The normalized spacial score (nSPS) is 16.6. The van der Waals surface area contributed by atoms with Crippen LogP contribution in [0, 0.1) is 0 Å². The Morgan fingerprint density at radius 1 is 0.976 bits per heavy atom. The minimum absolute atomic E-state index is 0.0222. The highest BCUT2D eigenvalue weighted by Crippen LogP contribution is 2.25. The summed E-state index contributed by atoms with van der Waals surface area (Å²) in [5.74, 6) is -0.839. The maximum absolute atomic E-state index is 12.5. The number of nitrogens with one attached hydrogen (secondary N) is 1. The van der Waals surface area contributed by atoms with Crippen molar-refractivity contribution in [2.45, 2.75) is 19.1 Å². The molecule has 2 aromatic carbocycles. The molecule has 2 heterocycles. The second-order valence-corrected chi connectivity index (χ2v) is 10.00. The number of hydrogen-bond acceptors (Lipinski definition) is 8. The molecular weight excluding hydrogens is 546 g/mol. The van der Waals surface area contributed by atoms with Crippen molar-refractivity contribution in [2.24, 2.45) is 0 Å². The molecule has 5 amide bonds. The fraction of sp³-hybridized carbons (Fsp3) is 0.414. The molecule has 0 aliphatic carbocycles. The second kappa shape index (κ2) is 14.3. The number of rotatable bonds is 11. The van der Waals surface area contributed by atoms with Crippen molar-refractivity contribution >= 4 is 41.3 Å². The first-order valence-corrected chi connectivity index (χ1v) is 13.6. The first kappa shape index (κ1) is 30.3. The summed E-state index contributed by atoms with van der Waals surface area (Å²) in [7, 11) is 3.04. The highest BCUT2D eigenvalue weighted by atomic mass is 16.6. The summed E-state index contributed by atoms with van der Waals surface area (Å²) in [5, 5.41) is 2.70. The smallest absolute Gasteiger partial charge is 0.414 e. The Morgan fingerprint density at radius 3 is 2.36 bits per heavy atom. The summed E-state index contributed by atoms with van der Waals surface area (Å²) in [6.07, 6.45) is -1.63. The number of benzene rings is 2. The third-order valence-corrected chi connectivity index (χ3v) is 6.84. The van der Waals surface area contributed by atoms with E-state index in [-0.39, 0.29) is 57.6 Å². The number of likely N-dealkylation sites (N-methyl/N-ethyl adjacent to an activating group) is 1. The van der Waals surface area contributed by atoms with Gasteiger partial charge in [0.05, 0.1) is 26.2 Å². The molecule has 0 bridgehead atoms. The van der Waals surface area contributed by atoms with E-state index in [0.29, 0.717) is 18.8 Å². The maximum Gasteiger partial charge on any atom is 0.414 e. The standard InChI is InChI=1S/C29H35N5O8/c1-31(28(38)41-19-21-6-4-3-5-7-21)13-12-26(36)32(2)18-25(35)30-16-24-17-34(29(39)42-24)23-10-8-22(9-11-23)33-14-15-40-20-27(33)37/h3-11,24H,12-20H2,1-2H3,(H,30,35)/t24-/m0/s1. The highest BCUT2D eigenvalue weighted by Gasteiger charge is 2.33. The zero-order valence-corrected chi connectivity index (χ0v) is 23.7. The first-order chi connectivity index (χ1) is 20.2. The van der Waals surface area contributed by atoms with Crippen LogP contribution in [0.2, 0.25) is 0 Å². The largest absolute Gasteiger partial charge is 0.445 e. The molecule has 2 saturated heterocycles. The molecule has 2 aromatic rings. The van der Waals surface area contributed by atoms with Crippen LogP contribution in [0.4, 0.5) is 21.0 Å². The molecule has 13 nitrogen and oxygen atoms in total. The van der Waals surface area contributed by atoms with E-state index in [0.717, 1.165) is 11.3 Å². The summed E-state index contributed by atoms with van der Waals surface area (Å²) >= 11 is 0. The fourth-order valence-electron chi connectivity index (χ4n) is 4.40. The average Bonchev–Trinajstić information content (AvgIpc) is 3.38. The van der Waals surface area contributed by atoms with Gasteiger partial charge in [0.1, 0.15) is 19.3 Å². The van der Waals surface area contributed by atoms with Crippen molar-refractivity contribution in [3.05, 3.63) is 60.2 Å². The van der Waals surface area contributed by atoms with Crippen molar-refractivity contribution in [2.75, 3.05) is 69.8 Å². The zero-order chi connectivity index (χ0) is 30.1. The van der Waals surface area contributed by atoms with E-state index in [1.807, 2.05) is 30.3 Å². The van der Waals surface area contributed by atoms with E-state index < -0.39 is 24.2 Å². The topological polar surface area (TPSA) is 138 Å². The minimum Gasteiger partial charge on any atom is -0.445 e. The van der Waals surface area contributed by atoms with Gasteiger partial charge in [-0.05, 0) is 29.8 Å². The van der Waals surface area contributed by atoms with Gasteiger partial charge in [0.15, 0.2) is 0 Å². The first-order valence-electron chi connectivity index (χ1n) is 13.6. The van der Waals surface area contributed by atoms with Gasteiger partial charge in [-0.25, -0.2) is 9.59 Å². The molecule has 1 N–H and O–H groups in total. The molecule has 0 radical (unpaired) electrons. The number of amides is 5. The molecule has 0 unspecified atom stereocenters. The third-order valence-electron chi connectivity index (χ3n) is 6.84. The van der Waals surface area contributed by atoms with Gasteiger partial charge in [-0.15, -0.1) is 0 Å². The summed E-state index contributed by atoms with van der Waals surface area (Å²) in [4.78, 5) is 67.3. The molecule has 0 saturated carbocycles. The van der Waals surface area contributed by atoms with Crippen LogP contribution in [0.25, 0.3) is 0 Å². The molecule has 0 spiro atoms. The third kappa shape index (κ3) is 8.19. The van der Waals surface area contributed by atoms with Crippen LogP contribution >= 0.6 is 0 Å². The molecule has 0 aromatic heterocycles. The highest BCUT2D eigenvalue weighted by molar-refractivity contribution is 5.95. The predicted octanol–water partition coefficient (Wildman–Crippen LogP) is 1.61. The molecule has 2 aliphatic rings. The average molecular weight is 582 g/mol. The van der Waals surface area contributed by atoms with Gasteiger partial charge in [-0.3, -0.25) is 19.3 Å². The van der Waals surface area contributed by atoms with Crippen LogP contribution < -0.4 is 15.1 Å². The summed E-state index contributed by atoms with van der Waals surface area (Å²) < 4.78 is 15.8. The Balaban J connectivity index is 1.15. The van der Waals surface area contributed by atoms with E-state index in [2.05, 4.69) is 5.32 Å². The van der Waals surface area contributed by atoms with Crippen molar-refractivity contribution in [3.8, 4) is 0 Å². The van der Waals surface area contributed by atoms with Crippen LogP contribution in [0.1, 0.15) is 12.0 Å². The van der Waals surface area contributed by atoms with E-state index in [9.17, 15) is 24.0 Å². The Bertz CT molecular complexity index is 1270. The van der Waals surface area contributed by atoms with Crippen molar-refractivity contribution in [1.82, 2.24) is 15.1 Å². The number of hydrogen-bond donors (Lipinski definition) is 1. The lowest BCUT2D eigenvalue weighted by molar-refractivity contribution is -0.135. The lowest BCUT2D eigenvalue weighted by Crippen LogP contribution is -2.42. The Hall–Kier alpha value is -4.65. The Kier molecular flexibility index (Phi) is 10.3. The van der Waals surface area contributed by atoms with Gasteiger partial charge < -0.3 is 34.2 Å². The van der Waals surface area contributed by atoms with Gasteiger partial charge in [0.25, 0.3) is 5.91 Å². The van der Waals surface area contributed by atoms with Crippen LogP contribution in [0.5, 0.6) is 0 Å². The van der Waals surface area contributed by atoms with Gasteiger partial charge in [-0.2, -0.15) is 0 Å².